The van der Waals surface area contributed by atoms with Gasteiger partial charge in [0.25, 0.3) is 0 Å². The highest BCUT2D eigenvalue weighted by atomic mass is 16.2. The van der Waals surface area contributed by atoms with Crippen molar-refractivity contribution in [2.75, 3.05) is 34.2 Å². The van der Waals surface area contributed by atoms with Crippen LogP contribution >= 0.6 is 0 Å². The van der Waals surface area contributed by atoms with Crippen molar-refractivity contribution in [2.24, 2.45) is 5.92 Å². The number of nitrogens with one attached hydrogen (secondary N) is 1. The van der Waals surface area contributed by atoms with Gasteiger partial charge in [0.2, 0.25) is 5.91 Å². The quantitative estimate of drug-likeness (QED) is 0.755. The summed E-state index contributed by atoms with van der Waals surface area (Å²) in [6, 6.07) is 0.360. The van der Waals surface area contributed by atoms with Gasteiger partial charge < -0.3 is 10.2 Å². The lowest BCUT2D eigenvalue weighted by Crippen LogP contribution is -2.51. The molecule has 94 valence electrons. The molecule has 1 aliphatic rings. The van der Waals surface area contributed by atoms with Gasteiger partial charge in [0.1, 0.15) is 0 Å². The summed E-state index contributed by atoms with van der Waals surface area (Å²) in [6.45, 7) is 6.16. The van der Waals surface area contributed by atoms with E-state index in [0.717, 1.165) is 19.5 Å². The summed E-state index contributed by atoms with van der Waals surface area (Å²) in [5.74, 6) is 0.591. The van der Waals surface area contributed by atoms with Gasteiger partial charge >= 0.3 is 0 Å². The molecule has 0 aromatic carbocycles. The van der Waals surface area contributed by atoms with Gasteiger partial charge in [-0.05, 0) is 33.0 Å². The molecule has 0 radical (unpaired) electrons. The maximum Gasteiger partial charge on any atom is 0.240 e. The second-order valence-electron chi connectivity index (χ2n) is 5.25. The molecule has 2 unspecified atom stereocenters. The van der Waals surface area contributed by atoms with E-state index in [1.54, 1.807) is 0 Å². The van der Waals surface area contributed by atoms with Crippen LogP contribution in [0.1, 0.15) is 20.3 Å². The fraction of sp³-hybridized carbons (Fsp3) is 0.917. The summed E-state index contributed by atoms with van der Waals surface area (Å²) in [5, 5.41) is 3.30. The first-order chi connectivity index (χ1) is 7.45. The molecule has 1 fully saturated rings. The lowest BCUT2D eigenvalue weighted by atomic mass is 10.0. The first-order valence-corrected chi connectivity index (χ1v) is 6.09. The molecule has 0 aromatic rings. The lowest BCUT2D eigenvalue weighted by molar-refractivity contribution is -0.138. The Morgan fingerprint density at radius 1 is 1.31 bits per heavy atom. The number of carbonyl (C=O) groups is 1. The van der Waals surface area contributed by atoms with Crippen LogP contribution in [-0.4, -0.2) is 62.0 Å². The van der Waals surface area contributed by atoms with Crippen LogP contribution < -0.4 is 5.32 Å². The van der Waals surface area contributed by atoms with Crippen LogP contribution in [0.5, 0.6) is 0 Å². The van der Waals surface area contributed by atoms with E-state index in [-0.39, 0.29) is 11.9 Å². The van der Waals surface area contributed by atoms with Gasteiger partial charge in [-0.2, -0.15) is 0 Å². The van der Waals surface area contributed by atoms with E-state index in [4.69, 9.17) is 0 Å². The number of nitrogens with zero attached hydrogens (tertiary/aromatic N) is 2. The molecule has 0 aliphatic carbocycles. The van der Waals surface area contributed by atoms with Crippen molar-refractivity contribution >= 4 is 5.91 Å². The zero-order valence-corrected chi connectivity index (χ0v) is 11.2. The van der Waals surface area contributed by atoms with Gasteiger partial charge in [0.15, 0.2) is 0 Å². The SMILES string of the molecule is CC(C)C(C(=O)N(C)C1CCNC1)N(C)C. The Morgan fingerprint density at radius 2 is 1.94 bits per heavy atom. The van der Waals surface area contributed by atoms with Crippen LogP contribution in [0.3, 0.4) is 0 Å². The summed E-state index contributed by atoms with van der Waals surface area (Å²) < 4.78 is 0. The fourth-order valence-corrected chi connectivity index (χ4v) is 2.46. The molecule has 0 saturated carbocycles. The third-order valence-electron chi connectivity index (χ3n) is 3.37. The number of amides is 1. The van der Waals surface area contributed by atoms with E-state index in [1.807, 2.05) is 30.9 Å². The monoisotopic (exact) mass is 227 g/mol. The molecule has 1 saturated heterocycles. The zero-order chi connectivity index (χ0) is 12.3. The molecule has 0 spiro atoms. The minimum Gasteiger partial charge on any atom is -0.340 e. The van der Waals surface area contributed by atoms with Crippen molar-refractivity contribution < 1.29 is 4.79 Å². The van der Waals surface area contributed by atoms with Gasteiger partial charge in [-0.1, -0.05) is 13.8 Å². The van der Waals surface area contributed by atoms with Gasteiger partial charge in [-0.15, -0.1) is 0 Å². The highest BCUT2D eigenvalue weighted by Gasteiger charge is 2.31. The normalized spacial score (nSPS) is 22.8. The largest absolute Gasteiger partial charge is 0.340 e. The zero-order valence-electron chi connectivity index (χ0n) is 11.2. The van der Waals surface area contributed by atoms with Gasteiger partial charge in [-0.25, -0.2) is 0 Å². The van der Waals surface area contributed by atoms with E-state index in [9.17, 15) is 4.79 Å². The molecule has 1 heterocycles. The van der Waals surface area contributed by atoms with E-state index < -0.39 is 0 Å². The molecule has 0 aromatic heterocycles. The minimum atomic E-state index is -0.00870. The maximum absolute atomic E-state index is 12.4. The van der Waals surface area contributed by atoms with Crippen molar-refractivity contribution in [3.8, 4) is 0 Å². The maximum atomic E-state index is 12.4. The van der Waals surface area contributed by atoms with E-state index in [1.165, 1.54) is 0 Å². The van der Waals surface area contributed by atoms with Gasteiger partial charge in [-0.3, -0.25) is 9.69 Å². The number of hydrogen-bond acceptors (Lipinski definition) is 3. The lowest BCUT2D eigenvalue weighted by Gasteiger charge is -2.33. The molecule has 16 heavy (non-hydrogen) atoms. The van der Waals surface area contributed by atoms with Crippen molar-refractivity contribution in [3.63, 3.8) is 0 Å². The molecule has 1 N–H and O–H groups in total. The number of rotatable bonds is 4. The van der Waals surface area contributed by atoms with Crippen LogP contribution in [0.25, 0.3) is 0 Å². The Morgan fingerprint density at radius 3 is 2.31 bits per heavy atom. The van der Waals surface area contributed by atoms with Crippen LogP contribution in [-0.2, 0) is 4.79 Å². The number of carbonyl (C=O) groups excluding carboxylic acids is 1. The third kappa shape index (κ3) is 2.95. The standard InChI is InChI=1S/C12H25N3O/c1-9(2)11(14(3)4)12(16)15(5)10-6-7-13-8-10/h9-11,13H,6-8H2,1-5H3. The summed E-state index contributed by atoms with van der Waals surface area (Å²) >= 11 is 0. The first-order valence-electron chi connectivity index (χ1n) is 6.09. The van der Waals surface area contributed by atoms with Crippen LogP contribution in [0, 0.1) is 5.92 Å². The molecule has 2 atom stereocenters. The molecule has 1 amide bonds. The predicted octanol–water partition coefficient (Wildman–Crippen LogP) is 0.393. The third-order valence-corrected chi connectivity index (χ3v) is 3.37. The average Bonchev–Trinajstić information content (AvgIpc) is 2.67. The summed E-state index contributed by atoms with van der Waals surface area (Å²) in [5.41, 5.74) is 0. The molecule has 1 aliphatic heterocycles. The molecule has 4 nitrogen and oxygen atoms in total. The highest BCUT2D eigenvalue weighted by molar-refractivity contribution is 5.82. The predicted molar refractivity (Wildman–Crippen MR) is 66.4 cm³/mol. The Hall–Kier alpha value is -0.610. The number of hydrogen-bond donors (Lipinski definition) is 1. The molecular formula is C12H25N3O. The average molecular weight is 227 g/mol. The fourth-order valence-electron chi connectivity index (χ4n) is 2.46. The Bertz CT molecular complexity index is 226. The number of likely N-dealkylation sites (N-methyl/N-ethyl adjacent to an activating group) is 2. The van der Waals surface area contributed by atoms with Crippen molar-refractivity contribution in [3.05, 3.63) is 0 Å². The smallest absolute Gasteiger partial charge is 0.240 e. The second kappa shape index (κ2) is 5.64. The van der Waals surface area contributed by atoms with Crippen LogP contribution in [0.4, 0.5) is 0 Å². The van der Waals surface area contributed by atoms with Crippen LogP contribution in [0.15, 0.2) is 0 Å². The van der Waals surface area contributed by atoms with Crippen molar-refractivity contribution in [1.82, 2.24) is 15.1 Å². The minimum absolute atomic E-state index is 0.00870. The molecule has 1 rings (SSSR count). The van der Waals surface area contributed by atoms with E-state index in [0.29, 0.717) is 12.0 Å². The summed E-state index contributed by atoms with van der Waals surface area (Å²) in [4.78, 5) is 16.3. The Labute approximate surface area is 99.0 Å². The Balaban J connectivity index is 2.66. The van der Waals surface area contributed by atoms with Crippen LogP contribution in [0.2, 0.25) is 0 Å². The molecular weight excluding hydrogens is 202 g/mol. The Kier molecular flexibility index (Phi) is 4.74. The first kappa shape index (κ1) is 13.5. The summed E-state index contributed by atoms with van der Waals surface area (Å²) in [7, 11) is 5.88. The highest BCUT2D eigenvalue weighted by Crippen LogP contribution is 2.14. The summed E-state index contributed by atoms with van der Waals surface area (Å²) in [6.07, 6.45) is 1.07. The van der Waals surface area contributed by atoms with E-state index in [2.05, 4.69) is 19.2 Å². The van der Waals surface area contributed by atoms with Crippen molar-refractivity contribution in [2.45, 2.75) is 32.4 Å². The molecule has 0 bridgehead atoms. The molecule has 4 heteroatoms. The topological polar surface area (TPSA) is 35.6 Å². The van der Waals surface area contributed by atoms with E-state index >= 15 is 0 Å². The second-order valence-corrected chi connectivity index (χ2v) is 5.25. The van der Waals surface area contributed by atoms with Gasteiger partial charge in [0, 0.05) is 19.6 Å². The van der Waals surface area contributed by atoms with Crippen molar-refractivity contribution in [1.29, 1.82) is 0 Å². The van der Waals surface area contributed by atoms with Gasteiger partial charge in [0.05, 0.1) is 6.04 Å².